The second kappa shape index (κ2) is 19.9. The van der Waals surface area contributed by atoms with Crippen LogP contribution in [0.3, 0.4) is 0 Å². The molecule has 2 aromatic heterocycles. The Morgan fingerprint density at radius 3 is 0.831 bits per heavy atom. The van der Waals surface area contributed by atoms with Gasteiger partial charge in [0.1, 0.15) is 11.6 Å². The second-order valence-corrected chi connectivity index (χ2v) is 37.0. The number of aromatic nitrogens is 2. The Morgan fingerprint density at radius 1 is 0.301 bits per heavy atom. The Labute approximate surface area is 494 Å². The zero-order valence-corrected chi connectivity index (χ0v) is 52.2. The summed E-state index contributed by atoms with van der Waals surface area (Å²) in [5.41, 5.74) is 24.7. The topological polar surface area (TPSA) is 32.3 Å². The number of nitrogens with zero attached hydrogens (tertiary/aromatic N) is 4. The van der Waals surface area contributed by atoms with Crippen molar-refractivity contribution in [2.75, 3.05) is 9.80 Å². The quantitative estimate of drug-likeness (QED) is 0.0901. The maximum atomic E-state index is 4.85. The van der Waals surface area contributed by atoms with Crippen molar-refractivity contribution in [3.8, 4) is 33.4 Å². The number of fused-ring (bicyclic) bond motifs is 9. The zero-order valence-electron chi connectivity index (χ0n) is 50.2. The Morgan fingerprint density at radius 2 is 0.566 bits per heavy atom. The molecule has 0 bridgehead atoms. The lowest BCUT2D eigenvalue weighted by molar-refractivity contribution is 0.660. The third kappa shape index (κ3) is 9.46. The van der Waals surface area contributed by atoms with Gasteiger partial charge in [0, 0.05) is 51.4 Å². The van der Waals surface area contributed by atoms with Gasteiger partial charge in [-0.1, -0.05) is 237 Å². The highest BCUT2D eigenvalue weighted by Gasteiger charge is 2.39. The average molecular weight is 1110 g/mol. The van der Waals surface area contributed by atoms with Crippen LogP contribution in [-0.2, 0) is 16.2 Å². The summed E-state index contributed by atoms with van der Waals surface area (Å²) in [6.45, 7) is 28.7. The molecule has 0 atom stereocenters. The van der Waals surface area contributed by atoms with Crippen LogP contribution in [0.1, 0.15) is 97.2 Å². The van der Waals surface area contributed by atoms with Gasteiger partial charge < -0.3 is 0 Å². The predicted molar refractivity (Wildman–Crippen MR) is 361 cm³/mol. The zero-order chi connectivity index (χ0) is 57.8. The van der Waals surface area contributed by atoms with Crippen molar-refractivity contribution < 1.29 is 0 Å². The van der Waals surface area contributed by atoms with Gasteiger partial charge in [-0.15, -0.1) is 0 Å². The highest BCUT2D eigenvalue weighted by molar-refractivity contribution is 6.89. The molecule has 3 aliphatic carbocycles. The van der Waals surface area contributed by atoms with Crippen molar-refractivity contribution in [1.29, 1.82) is 0 Å². The highest BCUT2D eigenvalue weighted by atomic mass is 28.3. The minimum Gasteiger partial charge on any atom is -0.295 e. The molecule has 0 radical (unpaired) electrons. The van der Waals surface area contributed by atoms with Gasteiger partial charge in [-0.25, -0.2) is 9.97 Å². The third-order valence-electron chi connectivity index (χ3n) is 18.3. The smallest absolute Gasteiger partial charge is 0.137 e. The summed E-state index contributed by atoms with van der Waals surface area (Å²) in [7, 11) is -2.91. The number of rotatable bonds is 12. The van der Waals surface area contributed by atoms with Crippen LogP contribution in [0.25, 0.3) is 57.7 Å². The van der Waals surface area contributed by atoms with Crippen molar-refractivity contribution >= 4 is 85.2 Å². The molecule has 0 saturated heterocycles. The van der Waals surface area contributed by atoms with E-state index < -0.39 is 16.1 Å². The molecule has 8 aromatic carbocycles. The molecule has 4 nitrogen and oxygen atoms in total. The summed E-state index contributed by atoms with van der Waals surface area (Å²) in [4.78, 5) is 14.3. The van der Waals surface area contributed by atoms with Gasteiger partial charge in [-0.2, -0.15) is 0 Å². The van der Waals surface area contributed by atoms with Crippen LogP contribution in [0, 0.1) is 0 Å². The number of pyridine rings is 2. The summed E-state index contributed by atoms with van der Waals surface area (Å²) in [6, 6.07) is 72.7. The summed E-state index contributed by atoms with van der Waals surface area (Å²) in [5, 5.41) is 2.90. The molecule has 0 saturated carbocycles. The summed E-state index contributed by atoms with van der Waals surface area (Å²) in [6.07, 6.45) is 12.9. The van der Waals surface area contributed by atoms with Gasteiger partial charge in [0.05, 0.1) is 16.1 Å². The fraction of sp³-hybridized carbons (Fsp3) is 0.195. The minimum atomic E-state index is -1.45. The molecule has 10 aromatic rings. The lowest BCUT2D eigenvalue weighted by atomic mass is 9.81. The predicted octanol–water partition coefficient (Wildman–Crippen LogP) is 19.8. The van der Waals surface area contributed by atoms with Crippen LogP contribution in [0.4, 0.5) is 34.4 Å². The first-order valence-electron chi connectivity index (χ1n) is 29.5. The molecular formula is C77H74N4Si2. The van der Waals surface area contributed by atoms with Crippen LogP contribution < -0.4 is 20.2 Å². The minimum absolute atomic E-state index is 0.157. The molecule has 0 unspecified atom stereocenters. The van der Waals surface area contributed by atoms with Gasteiger partial charge in [-0.05, 0) is 162 Å². The van der Waals surface area contributed by atoms with E-state index in [0.29, 0.717) is 0 Å². The Bertz CT molecular complexity index is 3960. The van der Waals surface area contributed by atoms with Gasteiger partial charge in [-0.3, -0.25) is 9.80 Å². The molecule has 0 spiro atoms. The van der Waals surface area contributed by atoms with E-state index in [4.69, 9.17) is 9.97 Å². The SMILES string of the molecule is CC1(C)c2cc(/C=C/c3ccc4c(c3)C(C)(C)c3cc(N(c5ccc([Si](C)(C)C)cc5)c5ccccn5)ccc3-4)ccc2-c2ccc(/C=C/c3ccc4c(c3)C(C)(C)c3cc(N(c5ccc([Si](C)(C)C)cc5)c5ccccn5)ccc3-4)cc21. The fourth-order valence-corrected chi connectivity index (χ4v) is 15.7. The first-order chi connectivity index (χ1) is 39.6. The molecule has 0 N–H and O–H groups in total. The van der Waals surface area contributed by atoms with Crippen molar-refractivity contribution in [3.05, 3.63) is 262 Å². The van der Waals surface area contributed by atoms with Crippen LogP contribution in [0.2, 0.25) is 39.3 Å². The van der Waals surface area contributed by atoms with Gasteiger partial charge >= 0.3 is 0 Å². The number of hydrogen-bond acceptors (Lipinski definition) is 4. The van der Waals surface area contributed by atoms with Crippen molar-refractivity contribution in [2.45, 2.75) is 97.1 Å². The first kappa shape index (κ1) is 53.9. The molecule has 13 rings (SSSR count). The molecule has 0 amide bonds. The lowest BCUT2D eigenvalue weighted by Crippen LogP contribution is -2.37. The van der Waals surface area contributed by atoms with E-state index in [0.717, 1.165) is 34.4 Å². The molecule has 410 valence electrons. The molecular weight excluding hydrogens is 1040 g/mol. The van der Waals surface area contributed by atoms with E-state index >= 15 is 0 Å². The lowest BCUT2D eigenvalue weighted by Gasteiger charge is -2.28. The van der Waals surface area contributed by atoms with E-state index in [1.54, 1.807) is 0 Å². The summed E-state index contributed by atoms with van der Waals surface area (Å²) in [5.74, 6) is 1.82. The largest absolute Gasteiger partial charge is 0.295 e. The maximum absolute atomic E-state index is 4.85. The fourth-order valence-electron chi connectivity index (χ4n) is 13.4. The molecule has 83 heavy (non-hydrogen) atoms. The monoisotopic (exact) mass is 1110 g/mol. The molecule has 0 aliphatic heterocycles. The molecule has 0 fully saturated rings. The first-order valence-corrected chi connectivity index (χ1v) is 36.5. The van der Waals surface area contributed by atoms with Crippen LogP contribution in [0.15, 0.2) is 207 Å². The Kier molecular flexibility index (Phi) is 12.9. The van der Waals surface area contributed by atoms with E-state index in [9.17, 15) is 0 Å². The summed E-state index contributed by atoms with van der Waals surface area (Å²) < 4.78 is 0. The maximum Gasteiger partial charge on any atom is 0.137 e. The molecule has 2 heterocycles. The van der Waals surface area contributed by atoms with Gasteiger partial charge in [0.15, 0.2) is 0 Å². The summed E-state index contributed by atoms with van der Waals surface area (Å²) >= 11 is 0. The van der Waals surface area contributed by atoms with Crippen molar-refractivity contribution in [3.63, 3.8) is 0 Å². The molecule has 6 heteroatoms. The van der Waals surface area contributed by atoms with E-state index in [1.165, 1.54) is 99.4 Å². The standard InChI is InChI=1S/C77H74N4Si2/c1-75(2)67-45-51(19-21-53-25-39-63-65-41-31-57(49-71(65)76(3,4)69(63)47-53)80(73-17-13-15-43-78-73)55-27-33-59(34-28-55)82(7,8)9)23-37-61(67)62-38-24-52(46-68(62)75)20-22-54-26-40-64-66-42-32-58(50-72(66)77(5,6)70(64)48-54)81(74-18-14-16-44-79-74)56-29-35-60(36-30-56)83(10,11)12/h13-50H,1-12H3/b21-19+,22-20+. The van der Waals surface area contributed by atoms with E-state index in [1.807, 2.05) is 24.5 Å². The van der Waals surface area contributed by atoms with Gasteiger partial charge in [0.25, 0.3) is 0 Å². The third-order valence-corrected chi connectivity index (χ3v) is 22.4. The number of anilines is 6. The highest BCUT2D eigenvalue weighted by Crippen LogP contribution is 2.54. The Hall–Kier alpha value is -8.43. The number of benzene rings is 8. The van der Waals surface area contributed by atoms with Crippen molar-refractivity contribution in [1.82, 2.24) is 9.97 Å². The Balaban J connectivity index is 0.724. The average Bonchev–Trinajstić information content (AvgIpc) is 4.10. The number of hydrogen-bond donors (Lipinski definition) is 0. The van der Waals surface area contributed by atoms with Crippen LogP contribution >= 0.6 is 0 Å². The van der Waals surface area contributed by atoms with Crippen LogP contribution in [-0.4, -0.2) is 26.1 Å². The van der Waals surface area contributed by atoms with Crippen molar-refractivity contribution in [2.24, 2.45) is 0 Å². The van der Waals surface area contributed by atoms with E-state index in [2.05, 4.69) is 297 Å². The normalized spacial score (nSPS) is 14.9. The van der Waals surface area contributed by atoms with Crippen LogP contribution in [0.5, 0.6) is 0 Å². The molecule has 3 aliphatic rings. The van der Waals surface area contributed by atoms with Gasteiger partial charge in [0.2, 0.25) is 0 Å². The van der Waals surface area contributed by atoms with E-state index in [-0.39, 0.29) is 16.2 Å². The second-order valence-electron chi connectivity index (χ2n) is 26.9.